The van der Waals surface area contributed by atoms with Gasteiger partial charge in [0.2, 0.25) is 5.91 Å². The molecule has 0 aliphatic carbocycles. The fourth-order valence-electron chi connectivity index (χ4n) is 3.33. The normalized spacial score (nSPS) is 10.8. The summed E-state index contributed by atoms with van der Waals surface area (Å²) in [7, 11) is 3.13. The van der Waals surface area contributed by atoms with Crippen LogP contribution in [0.15, 0.2) is 60.7 Å². The van der Waals surface area contributed by atoms with Crippen molar-refractivity contribution in [2.45, 2.75) is 6.42 Å². The molecule has 1 amide bonds. The van der Waals surface area contributed by atoms with Gasteiger partial charge in [-0.15, -0.1) is 0 Å². The lowest BCUT2D eigenvalue weighted by molar-refractivity contribution is -0.115. The molecule has 7 heteroatoms. The SMILES string of the molecule is COc1cccc(CC(=O)Nc2n[nH]c3cc(-c4cc(F)ccc4OC)ccc23)c1. The number of aromatic amines is 1. The number of nitrogens with zero attached hydrogens (tertiary/aromatic N) is 1. The summed E-state index contributed by atoms with van der Waals surface area (Å²) in [6.07, 6.45) is 0.199. The van der Waals surface area contributed by atoms with E-state index >= 15 is 0 Å². The second-order valence-electron chi connectivity index (χ2n) is 6.75. The number of rotatable bonds is 6. The number of carbonyl (C=O) groups excluding carboxylic acids is 1. The monoisotopic (exact) mass is 405 g/mol. The first-order chi connectivity index (χ1) is 14.6. The predicted octanol–water partition coefficient (Wildman–Crippen LogP) is 4.57. The van der Waals surface area contributed by atoms with Crippen molar-refractivity contribution in [3.63, 3.8) is 0 Å². The van der Waals surface area contributed by atoms with E-state index in [-0.39, 0.29) is 18.1 Å². The van der Waals surface area contributed by atoms with Crippen LogP contribution < -0.4 is 14.8 Å². The average molecular weight is 405 g/mol. The van der Waals surface area contributed by atoms with E-state index < -0.39 is 0 Å². The molecule has 2 N–H and O–H groups in total. The number of halogens is 1. The molecule has 1 aromatic heterocycles. The second kappa shape index (κ2) is 8.24. The summed E-state index contributed by atoms with van der Waals surface area (Å²) in [4.78, 5) is 12.5. The zero-order valence-electron chi connectivity index (χ0n) is 16.5. The molecule has 0 spiro atoms. The largest absolute Gasteiger partial charge is 0.497 e. The smallest absolute Gasteiger partial charge is 0.230 e. The molecule has 152 valence electrons. The summed E-state index contributed by atoms with van der Waals surface area (Å²) in [5.74, 6) is 1.18. The first-order valence-corrected chi connectivity index (χ1v) is 9.32. The van der Waals surface area contributed by atoms with Gasteiger partial charge in [0.15, 0.2) is 5.82 Å². The van der Waals surface area contributed by atoms with Gasteiger partial charge in [0.05, 0.1) is 26.2 Å². The summed E-state index contributed by atoms with van der Waals surface area (Å²) in [6.45, 7) is 0. The van der Waals surface area contributed by atoms with Crippen molar-refractivity contribution in [1.82, 2.24) is 10.2 Å². The van der Waals surface area contributed by atoms with Crippen molar-refractivity contribution in [3.05, 3.63) is 72.0 Å². The number of anilines is 1. The van der Waals surface area contributed by atoms with E-state index in [1.54, 1.807) is 20.3 Å². The van der Waals surface area contributed by atoms with Crippen LogP contribution in [-0.4, -0.2) is 30.3 Å². The number of H-pyrrole nitrogens is 1. The van der Waals surface area contributed by atoms with E-state index in [0.717, 1.165) is 22.0 Å². The molecule has 0 aliphatic rings. The second-order valence-corrected chi connectivity index (χ2v) is 6.75. The van der Waals surface area contributed by atoms with E-state index in [2.05, 4.69) is 15.5 Å². The van der Waals surface area contributed by atoms with Crippen LogP contribution in [0, 0.1) is 5.82 Å². The van der Waals surface area contributed by atoms with Gasteiger partial charge in [-0.25, -0.2) is 4.39 Å². The Kier molecular flexibility index (Phi) is 5.34. The summed E-state index contributed by atoms with van der Waals surface area (Å²) in [6, 6.07) is 17.2. The molecule has 0 saturated carbocycles. The molecule has 0 fully saturated rings. The fourth-order valence-corrected chi connectivity index (χ4v) is 3.33. The van der Waals surface area contributed by atoms with Crippen molar-refractivity contribution in [2.75, 3.05) is 19.5 Å². The van der Waals surface area contributed by atoms with E-state index in [0.29, 0.717) is 22.9 Å². The molecule has 0 unspecified atom stereocenters. The lowest BCUT2D eigenvalue weighted by atomic mass is 10.0. The van der Waals surface area contributed by atoms with Gasteiger partial charge in [0, 0.05) is 10.9 Å². The third-order valence-corrected chi connectivity index (χ3v) is 4.79. The summed E-state index contributed by atoms with van der Waals surface area (Å²) in [5, 5.41) is 10.7. The standard InChI is InChI=1S/C23H20FN3O3/c1-29-17-5-3-4-14(10-17)11-22(28)25-23-18-8-6-15(12-20(18)26-27-23)19-13-16(24)7-9-21(19)30-2/h3-10,12-13H,11H2,1-2H3,(H2,25,26,27,28). The highest BCUT2D eigenvalue weighted by Gasteiger charge is 2.13. The fraction of sp³-hybridized carbons (Fsp3) is 0.130. The van der Waals surface area contributed by atoms with Crippen LogP contribution in [0.1, 0.15) is 5.56 Å². The molecular weight excluding hydrogens is 385 g/mol. The third kappa shape index (κ3) is 3.96. The molecule has 0 radical (unpaired) electrons. The molecule has 6 nitrogen and oxygen atoms in total. The first kappa shape index (κ1) is 19.4. The Morgan fingerprint density at radius 1 is 1.07 bits per heavy atom. The molecule has 0 aliphatic heterocycles. The highest BCUT2D eigenvalue weighted by atomic mass is 19.1. The topological polar surface area (TPSA) is 76.2 Å². The number of hydrogen-bond acceptors (Lipinski definition) is 4. The maximum absolute atomic E-state index is 13.7. The van der Waals surface area contributed by atoms with Gasteiger partial charge in [-0.05, 0) is 53.6 Å². The number of hydrogen-bond donors (Lipinski definition) is 2. The minimum absolute atomic E-state index is 0.187. The summed E-state index contributed by atoms with van der Waals surface area (Å²) in [5.41, 5.74) is 2.97. The Morgan fingerprint density at radius 3 is 2.73 bits per heavy atom. The zero-order chi connectivity index (χ0) is 21.1. The van der Waals surface area contributed by atoms with Crippen LogP contribution in [0.2, 0.25) is 0 Å². The van der Waals surface area contributed by atoms with E-state index in [1.807, 2.05) is 42.5 Å². The Labute approximate surface area is 172 Å². The van der Waals surface area contributed by atoms with Gasteiger partial charge in [-0.3, -0.25) is 9.89 Å². The van der Waals surface area contributed by atoms with Crippen LogP contribution in [0.3, 0.4) is 0 Å². The van der Waals surface area contributed by atoms with Crippen molar-refractivity contribution in [3.8, 4) is 22.6 Å². The molecule has 0 saturated heterocycles. The Bertz CT molecular complexity index is 1220. The Morgan fingerprint density at radius 2 is 1.93 bits per heavy atom. The highest BCUT2D eigenvalue weighted by molar-refractivity contribution is 6.01. The summed E-state index contributed by atoms with van der Waals surface area (Å²) >= 11 is 0. The predicted molar refractivity (Wildman–Crippen MR) is 113 cm³/mol. The van der Waals surface area contributed by atoms with Crippen LogP contribution in [0.5, 0.6) is 11.5 Å². The minimum atomic E-state index is -0.346. The van der Waals surface area contributed by atoms with Gasteiger partial charge in [-0.2, -0.15) is 5.10 Å². The van der Waals surface area contributed by atoms with Gasteiger partial charge in [-0.1, -0.05) is 18.2 Å². The number of benzene rings is 3. The van der Waals surface area contributed by atoms with Crippen LogP contribution in [-0.2, 0) is 11.2 Å². The van der Waals surface area contributed by atoms with Gasteiger partial charge < -0.3 is 14.8 Å². The molecule has 30 heavy (non-hydrogen) atoms. The Hall–Kier alpha value is -3.87. The van der Waals surface area contributed by atoms with Crippen LogP contribution in [0.25, 0.3) is 22.0 Å². The van der Waals surface area contributed by atoms with Crippen molar-refractivity contribution < 1.29 is 18.7 Å². The maximum Gasteiger partial charge on any atom is 0.230 e. The van der Waals surface area contributed by atoms with Crippen molar-refractivity contribution >= 4 is 22.6 Å². The molecule has 1 heterocycles. The van der Waals surface area contributed by atoms with Gasteiger partial charge >= 0.3 is 0 Å². The number of carbonyl (C=O) groups is 1. The van der Waals surface area contributed by atoms with Crippen LogP contribution in [0.4, 0.5) is 10.2 Å². The quantitative estimate of drug-likeness (QED) is 0.493. The molecule has 0 bridgehead atoms. The number of aromatic nitrogens is 2. The van der Waals surface area contributed by atoms with E-state index in [4.69, 9.17) is 9.47 Å². The Balaban J connectivity index is 1.57. The highest BCUT2D eigenvalue weighted by Crippen LogP contribution is 2.33. The number of fused-ring (bicyclic) bond motifs is 1. The number of methoxy groups -OCH3 is 2. The maximum atomic E-state index is 13.7. The molecule has 4 aromatic rings. The summed E-state index contributed by atoms with van der Waals surface area (Å²) < 4.78 is 24.3. The van der Waals surface area contributed by atoms with Gasteiger partial charge in [0.25, 0.3) is 0 Å². The van der Waals surface area contributed by atoms with Crippen molar-refractivity contribution in [1.29, 1.82) is 0 Å². The third-order valence-electron chi connectivity index (χ3n) is 4.79. The molecule has 4 rings (SSSR count). The number of amides is 1. The van der Waals surface area contributed by atoms with Crippen LogP contribution >= 0.6 is 0 Å². The lowest BCUT2D eigenvalue weighted by Gasteiger charge is -2.09. The van der Waals surface area contributed by atoms with E-state index in [9.17, 15) is 9.18 Å². The molecule has 0 atom stereocenters. The van der Waals surface area contributed by atoms with Crippen molar-refractivity contribution in [2.24, 2.45) is 0 Å². The zero-order valence-corrected chi connectivity index (χ0v) is 16.5. The number of nitrogens with one attached hydrogen (secondary N) is 2. The van der Waals surface area contributed by atoms with E-state index in [1.165, 1.54) is 12.1 Å². The lowest BCUT2D eigenvalue weighted by Crippen LogP contribution is -2.14. The molecular formula is C23H20FN3O3. The number of ether oxygens (including phenoxy) is 2. The molecule has 3 aromatic carbocycles. The minimum Gasteiger partial charge on any atom is -0.497 e. The first-order valence-electron chi connectivity index (χ1n) is 9.32. The van der Waals surface area contributed by atoms with Gasteiger partial charge in [0.1, 0.15) is 17.3 Å². The average Bonchev–Trinajstić information content (AvgIpc) is 3.15.